The Hall–Kier alpha value is -3.61. The molecule has 0 radical (unpaired) electrons. The lowest BCUT2D eigenvalue weighted by Crippen LogP contribution is -2.00. The van der Waals surface area contributed by atoms with E-state index in [1.807, 2.05) is 67.6 Å². The van der Waals surface area contributed by atoms with Gasteiger partial charge in [0.05, 0.1) is 13.7 Å². The molecule has 4 aromatic rings. The highest BCUT2D eigenvalue weighted by Gasteiger charge is 2.10. The van der Waals surface area contributed by atoms with Gasteiger partial charge in [0, 0.05) is 11.3 Å². The van der Waals surface area contributed by atoms with Crippen LogP contribution in [0, 0.1) is 0 Å². The van der Waals surface area contributed by atoms with E-state index in [-0.39, 0.29) is 0 Å². The van der Waals surface area contributed by atoms with E-state index < -0.39 is 0 Å². The van der Waals surface area contributed by atoms with Gasteiger partial charge in [-0.05, 0) is 67.6 Å². The highest BCUT2D eigenvalue weighted by atomic mass is 16.5. The Morgan fingerprint density at radius 1 is 0.889 bits per heavy atom. The molecule has 0 fully saturated rings. The van der Waals surface area contributed by atoms with Crippen molar-refractivity contribution in [3.63, 3.8) is 0 Å². The van der Waals surface area contributed by atoms with Gasteiger partial charge in [-0.2, -0.15) is 4.52 Å². The van der Waals surface area contributed by atoms with Gasteiger partial charge in [0.15, 0.2) is 17.3 Å². The highest BCUT2D eigenvalue weighted by Crippen LogP contribution is 2.23. The molecule has 27 heavy (non-hydrogen) atoms. The van der Waals surface area contributed by atoms with Crippen molar-refractivity contribution in [1.82, 2.24) is 19.8 Å². The van der Waals surface area contributed by atoms with Crippen molar-refractivity contribution < 1.29 is 9.47 Å². The van der Waals surface area contributed by atoms with Gasteiger partial charge in [0.25, 0.3) is 0 Å². The predicted molar refractivity (Wildman–Crippen MR) is 104 cm³/mol. The number of methoxy groups -OCH3 is 1. The van der Waals surface area contributed by atoms with Gasteiger partial charge in [-0.1, -0.05) is 0 Å². The molecule has 0 saturated carbocycles. The van der Waals surface area contributed by atoms with Crippen molar-refractivity contribution in [2.24, 2.45) is 0 Å². The van der Waals surface area contributed by atoms with E-state index in [1.54, 1.807) is 11.6 Å². The van der Waals surface area contributed by atoms with E-state index >= 15 is 0 Å². The van der Waals surface area contributed by atoms with Crippen LogP contribution in [-0.2, 0) is 0 Å². The van der Waals surface area contributed by atoms with Crippen LogP contribution in [0.1, 0.15) is 6.92 Å². The topological polar surface area (TPSA) is 73.6 Å². The molecule has 1 N–H and O–H groups in total. The monoisotopic (exact) mass is 361 g/mol. The Balaban J connectivity index is 1.63. The summed E-state index contributed by atoms with van der Waals surface area (Å²) in [5.41, 5.74) is 2.51. The summed E-state index contributed by atoms with van der Waals surface area (Å²) in [5.74, 6) is 3.00. The largest absolute Gasteiger partial charge is 0.497 e. The summed E-state index contributed by atoms with van der Waals surface area (Å²) in [5, 5.41) is 16.4. The first-order valence-electron chi connectivity index (χ1n) is 8.63. The Morgan fingerprint density at radius 3 is 2.33 bits per heavy atom. The normalized spacial score (nSPS) is 10.7. The van der Waals surface area contributed by atoms with Gasteiger partial charge in [0.1, 0.15) is 11.5 Å². The maximum Gasteiger partial charge on any atom is 0.185 e. The number of hydrogen-bond acceptors (Lipinski definition) is 6. The van der Waals surface area contributed by atoms with Crippen molar-refractivity contribution in [3.05, 3.63) is 60.7 Å². The molecule has 0 aliphatic heterocycles. The lowest BCUT2D eigenvalue weighted by atomic mass is 10.2. The predicted octanol–water partition coefficient (Wildman–Crippen LogP) is 3.94. The van der Waals surface area contributed by atoms with E-state index in [9.17, 15) is 0 Å². The Labute approximate surface area is 156 Å². The molecule has 2 heterocycles. The average molecular weight is 361 g/mol. The number of hydrogen-bond donors (Lipinski definition) is 1. The second-order valence-electron chi connectivity index (χ2n) is 5.82. The van der Waals surface area contributed by atoms with Gasteiger partial charge in [-0.25, -0.2) is 0 Å². The fourth-order valence-corrected chi connectivity index (χ4v) is 2.72. The molecule has 4 rings (SSSR count). The summed E-state index contributed by atoms with van der Waals surface area (Å²) < 4.78 is 12.4. The minimum atomic E-state index is 0.646. The Morgan fingerprint density at radius 2 is 1.63 bits per heavy atom. The zero-order chi connectivity index (χ0) is 18.6. The SMILES string of the molecule is CCOc1ccc(Nc2ccc3nnc(-c4ccc(OC)cc4)n3n2)cc1. The summed E-state index contributed by atoms with van der Waals surface area (Å²) in [6, 6.07) is 19.1. The first-order valence-corrected chi connectivity index (χ1v) is 8.63. The minimum absolute atomic E-state index is 0.646. The van der Waals surface area contributed by atoms with E-state index in [0.717, 1.165) is 22.7 Å². The van der Waals surface area contributed by atoms with Crippen LogP contribution in [0.25, 0.3) is 17.0 Å². The molecule has 0 saturated heterocycles. The van der Waals surface area contributed by atoms with Crippen LogP contribution in [0.3, 0.4) is 0 Å². The fraction of sp³-hybridized carbons (Fsp3) is 0.150. The smallest absolute Gasteiger partial charge is 0.185 e. The number of aromatic nitrogens is 4. The van der Waals surface area contributed by atoms with Crippen molar-refractivity contribution in [3.8, 4) is 22.9 Å². The Kier molecular flexibility index (Phi) is 4.57. The molecule has 0 aliphatic rings. The van der Waals surface area contributed by atoms with Gasteiger partial charge in [0.2, 0.25) is 0 Å². The number of nitrogens with zero attached hydrogens (tertiary/aromatic N) is 4. The van der Waals surface area contributed by atoms with Crippen LogP contribution >= 0.6 is 0 Å². The standard InChI is InChI=1S/C20H19N5O2/c1-3-27-17-10-6-15(7-11-17)21-18-12-13-19-22-23-20(25(19)24-18)14-4-8-16(26-2)9-5-14/h4-13H,3H2,1-2H3,(H,21,24). The molecule has 0 amide bonds. The maximum absolute atomic E-state index is 5.47. The summed E-state index contributed by atoms with van der Waals surface area (Å²) in [4.78, 5) is 0. The number of benzene rings is 2. The van der Waals surface area contributed by atoms with E-state index in [0.29, 0.717) is 23.9 Å². The molecule has 0 bridgehead atoms. The number of rotatable bonds is 6. The zero-order valence-electron chi connectivity index (χ0n) is 15.1. The first kappa shape index (κ1) is 16.8. The summed E-state index contributed by atoms with van der Waals surface area (Å²) in [6.07, 6.45) is 0. The number of fused-ring (bicyclic) bond motifs is 1. The summed E-state index contributed by atoms with van der Waals surface area (Å²) in [6.45, 7) is 2.61. The fourth-order valence-electron chi connectivity index (χ4n) is 2.72. The molecular weight excluding hydrogens is 342 g/mol. The van der Waals surface area contributed by atoms with Crippen molar-refractivity contribution in [2.75, 3.05) is 19.0 Å². The molecule has 0 unspecified atom stereocenters. The molecule has 2 aromatic carbocycles. The third kappa shape index (κ3) is 3.52. The van der Waals surface area contributed by atoms with Crippen LogP contribution in [0.15, 0.2) is 60.7 Å². The number of nitrogens with one attached hydrogen (secondary N) is 1. The molecule has 0 aliphatic carbocycles. The number of ether oxygens (including phenoxy) is 2. The average Bonchev–Trinajstić information content (AvgIpc) is 3.13. The second-order valence-corrected chi connectivity index (χ2v) is 5.82. The summed E-state index contributed by atoms with van der Waals surface area (Å²) in [7, 11) is 1.64. The molecule has 0 atom stereocenters. The summed E-state index contributed by atoms with van der Waals surface area (Å²) >= 11 is 0. The van der Waals surface area contributed by atoms with E-state index in [4.69, 9.17) is 9.47 Å². The van der Waals surface area contributed by atoms with Crippen LogP contribution in [0.5, 0.6) is 11.5 Å². The van der Waals surface area contributed by atoms with Crippen molar-refractivity contribution in [1.29, 1.82) is 0 Å². The van der Waals surface area contributed by atoms with Crippen LogP contribution in [0.4, 0.5) is 11.5 Å². The molecular formula is C20H19N5O2. The van der Waals surface area contributed by atoms with Gasteiger partial charge >= 0.3 is 0 Å². The minimum Gasteiger partial charge on any atom is -0.497 e. The highest BCUT2D eigenvalue weighted by molar-refractivity contribution is 5.62. The third-order valence-corrected chi connectivity index (χ3v) is 4.05. The van der Waals surface area contributed by atoms with Gasteiger partial charge in [-0.3, -0.25) is 0 Å². The third-order valence-electron chi connectivity index (χ3n) is 4.05. The van der Waals surface area contributed by atoms with Crippen molar-refractivity contribution >= 4 is 17.2 Å². The molecule has 7 heteroatoms. The first-order chi connectivity index (χ1) is 13.3. The lowest BCUT2D eigenvalue weighted by molar-refractivity contribution is 0.340. The van der Waals surface area contributed by atoms with Gasteiger partial charge in [-0.15, -0.1) is 15.3 Å². The quantitative estimate of drug-likeness (QED) is 0.561. The molecule has 136 valence electrons. The second kappa shape index (κ2) is 7.33. The molecule has 7 nitrogen and oxygen atoms in total. The van der Waals surface area contributed by atoms with Crippen molar-refractivity contribution in [2.45, 2.75) is 6.92 Å². The maximum atomic E-state index is 5.47. The van der Waals surface area contributed by atoms with Gasteiger partial charge < -0.3 is 14.8 Å². The van der Waals surface area contributed by atoms with Crippen LogP contribution in [0.2, 0.25) is 0 Å². The molecule has 0 spiro atoms. The number of anilines is 2. The van der Waals surface area contributed by atoms with Crippen LogP contribution < -0.4 is 14.8 Å². The molecule has 2 aromatic heterocycles. The van der Waals surface area contributed by atoms with E-state index in [1.165, 1.54) is 0 Å². The lowest BCUT2D eigenvalue weighted by Gasteiger charge is -2.08. The van der Waals surface area contributed by atoms with E-state index in [2.05, 4.69) is 20.6 Å². The van der Waals surface area contributed by atoms with Crippen LogP contribution in [-0.4, -0.2) is 33.5 Å². The Bertz CT molecular complexity index is 1040. The zero-order valence-corrected chi connectivity index (χ0v) is 15.1.